The lowest BCUT2D eigenvalue weighted by atomic mass is 10.2. The van der Waals surface area contributed by atoms with Crippen LogP contribution >= 0.6 is 0 Å². The van der Waals surface area contributed by atoms with Crippen LogP contribution in [0.25, 0.3) is 0 Å². The van der Waals surface area contributed by atoms with Gasteiger partial charge in [-0.05, 0) is 30.3 Å². The summed E-state index contributed by atoms with van der Waals surface area (Å²) >= 11 is 0. The Labute approximate surface area is 146 Å². The molecule has 0 atom stereocenters. The van der Waals surface area contributed by atoms with E-state index in [4.69, 9.17) is 9.47 Å². The van der Waals surface area contributed by atoms with Crippen LogP contribution in [0.5, 0.6) is 5.88 Å². The Bertz CT molecular complexity index is 805. The minimum absolute atomic E-state index is 0.0752. The molecule has 0 bridgehead atoms. The monoisotopic (exact) mass is 365 g/mol. The lowest BCUT2D eigenvalue weighted by Crippen LogP contribution is -2.27. The largest absolute Gasteiger partial charge is 0.481 e. The van der Waals surface area contributed by atoms with E-state index in [1.807, 2.05) is 0 Å². The number of benzene rings is 1. The van der Waals surface area contributed by atoms with Gasteiger partial charge in [0.15, 0.2) is 0 Å². The molecule has 1 amide bonds. The second kappa shape index (κ2) is 8.56. The molecular weight excluding hydrogens is 346 g/mol. The minimum atomic E-state index is -3.63. The van der Waals surface area contributed by atoms with Gasteiger partial charge in [-0.1, -0.05) is 0 Å². The van der Waals surface area contributed by atoms with Crippen molar-refractivity contribution in [3.63, 3.8) is 0 Å². The first-order chi connectivity index (χ1) is 12.0. The van der Waals surface area contributed by atoms with Crippen LogP contribution in [0.3, 0.4) is 0 Å². The number of hydrogen-bond donors (Lipinski definition) is 2. The van der Waals surface area contributed by atoms with E-state index in [9.17, 15) is 13.2 Å². The first kappa shape index (κ1) is 18.8. The van der Waals surface area contributed by atoms with Crippen molar-refractivity contribution in [2.75, 3.05) is 32.7 Å². The van der Waals surface area contributed by atoms with Crippen LogP contribution < -0.4 is 14.8 Å². The summed E-state index contributed by atoms with van der Waals surface area (Å²) in [6.45, 7) is 0.446. The molecule has 0 aliphatic rings. The number of nitrogens with zero attached hydrogens (tertiary/aromatic N) is 1. The average molecular weight is 365 g/mol. The number of rotatable bonds is 8. The van der Waals surface area contributed by atoms with Crippen LogP contribution in [-0.4, -0.2) is 46.7 Å². The number of ether oxygens (including phenoxy) is 2. The van der Waals surface area contributed by atoms with E-state index in [-0.39, 0.29) is 24.0 Å². The van der Waals surface area contributed by atoms with Gasteiger partial charge in [0, 0.05) is 25.3 Å². The summed E-state index contributed by atoms with van der Waals surface area (Å²) < 4.78 is 36.3. The molecule has 2 N–H and O–H groups in total. The van der Waals surface area contributed by atoms with Crippen molar-refractivity contribution in [1.82, 2.24) is 9.71 Å². The predicted octanol–water partition coefficient (Wildman–Crippen LogP) is 1.27. The third-order valence-electron chi connectivity index (χ3n) is 3.23. The summed E-state index contributed by atoms with van der Waals surface area (Å²) in [5.74, 6) is 0.0665. The highest BCUT2D eigenvalue weighted by Gasteiger charge is 2.14. The van der Waals surface area contributed by atoms with Crippen molar-refractivity contribution in [2.24, 2.45) is 0 Å². The quantitative estimate of drug-likeness (QED) is 0.682. The van der Waals surface area contributed by atoms with E-state index < -0.39 is 10.0 Å². The van der Waals surface area contributed by atoms with Gasteiger partial charge >= 0.3 is 0 Å². The smallest absolute Gasteiger partial charge is 0.255 e. The Morgan fingerprint density at radius 3 is 2.40 bits per heavy atom. The highest BCUT2D eigenvalue weighted by Crippen LogP contribution is 2.14. The van der Waals surface area contributed by atoms with Crippen molar-refractivity contribution in [2.45, 2.75) is 4.90 Å². The summed E-state index contributed by atoms with van der Waals surface area (Å²) in [7, 11) is -0.641. The predicted molar refractivity (Wildman–Crippen MR) is 92.2 cm³/mol. The third kappa shape index (κ3) is 5.24. The zero-order chi connectivity index (χ0) is 18.3. The van der Waals surface area contributed by atoms with Crippen LogP contribution in [0.4, 0.5) is 5.69 Å². The zero-order valence-corrected chi connectivity index (χ0v) is 14.7. The van der Waals surface area contributed by atoms with E-state index in [0.29, 0.717) is 17.1 Å². The lowest BCUT2D eigenvalue weighted by molar-refractivity contribution is 0.102. The number of sulfonamides is 1. The number of hydrogen-bond acceptors (Lipinski definition) is 6. The molecule has 0 aliphatic heterocycles. The zero-order valence-electron chi connectivity index (χ0n) is 13.9. The number of anilines is 1. The minimum Gasteiger partial charge on any atom is -0.481 e. The van der Waals surface area contributed by atoms with E-state index in [2.05, 4.69) is 15.0 Å². The van der Waals surface area contributed by atoms with E-state index in [1.165, 1.54) is 44.7 Å². The van der Waals surface area contributed by atoms with Crippen LogP contribution in [0.1, 0.15) is 10.4 Å². The maximum atomic E-state index is 12.2. The van der Waals surface area contributed by atoms with Crippen molar-refractivity contribution in [3.05, 3.63) is 48.2 Å². The third-order valence-corrected chi connectivity index (χ3v) is 4.71. The van der Waals surface area contributed by atoms with Gasteiger partial charge in [-0.3, -0.25) is 4.79 Å². The van der Waals surface area contributed by atoms with Crippen LogP contribution in [0, 0.1) is 0 Å². The van der Waals surface area contributed by atoms with Crippen molar-refractivity contribution in [3.8, 4) is 5.88 Å². The number of carbonyl (C=O) groups is 1. The van der Waals surface area contributed by atoms with Gasteiger partial charge in [0.2, 0.25) is 15.9 Å². The van der Waals surface area contributed by atoms with E-state index in [1.54, 1.807) is 12.1 Å². The summed E-state index contributed by atoms with van der Waals surface area (Å²) in [6, 6.07) is 8.90. The van der Waals surface area contributed by atoms with Crippen LogP contribution in [-0.2, 0) is 14.8 Å². The Hall–Kier alpha value is -2.49. The number of pyridine rings is 1. The SMILES string of the molecule is COCCNS(=O)(=O)c1ccc(C(=O)Nc2ccc(OC)nc2)cc1. The number of methoxy groups -OCH3 is 2. The molecule has 9 heteroatoms. The van der Waals surface area contributed by atoms with E-state index >= 15 is 0 Å². The molecule has 1 aromatic carbocycles. The molecule has 134 valence electrons. The highest BCUT2D eigenvalue weighted by atomic mass is 32.2. The normalized spacial score (nSPS) is 11.1. The van der Waals surface area contributed by atoms with Gasteiger partial charge in [0.1, 0.15) is 0 Å². The molecule has 1 aromatic heterocycles. The van der Waals surface area contributed by atoms with Gasteiger partial charge in [-0.15, -0.1) is 0 Å². The Kier molecular flexibility index (Phi) is 6.45. The van der Waals surface area contributed by atoms with Crippen LogP contribution in [0.15, 0.2) is 47.5 Å². The van der Waals surface area contributed by atoms with Gasteiger partial charge < -0.3 is 14.8 Å². The molecule has 2 aromatic rings. The highest BCUT2D eigenvalue weighted by molar-refractivity contribution is 7.89. The topological polar surface area (TPSA) is 107 Å². The number of aromatic nitrogens is 1. The number of nitrogens with one attached hydrogen (secondary N) is 2. The summed E-state index contributed by atoms with van der Waals surface area (Å²) in [5.41, 5.74) is 0.829. The molecule has 0 unspecified atom stereocenters. The molecule has 0 saturated heterocycles. The van der Waals surface area contributed by atoms with Crippen molar-refractivity contribution in [1.29, 1.82) is 0 Å². The number of carbonyl (C=O) groups excluding carboxylic acids is 1. The molecular formula is C16H19N3O5S. The van der Waals surface area contributed by atoms with Gasteiger partial charge in [-0.25, -0.2) is 18.1 Å². The fraction of sp³-hybridized carbons (Fsp3) is 0.250. The first-order valence-corrected chi connectivity index (χ1v) is 8.84. The Morgan fingerprint density at radius 1 is 1.12 bits per heavy atom. The molecule has 0 spiro atoms. The van der Waals surface area contributed by atoms with Crippen LogP contribution in [0.2, 0.25) is 0 Å². The molecule has 25 heavy (non-hydrogen) atoms. The molecule has 0 radical (unpaired) electrons. The molecule has 8 nitrogen and oxygen atoms in total. The average Bonchev–Trinajstić information content (AvgIpc) is 2.62. The standard InChI is InChI=1S/C16H19N3O5S/c1-23-10-9-18-25(21,22)14-6-3-12(4-7-14)16(20)19-13-5-8-15(24-2)17-11-13/h3-8,11,18H,9-10H2,1-2H3,(H,19,20). The molecule has 0 aliphatic carbocycles. The van der Waals surface area contributed by atoms with Crippen molar-refractivity contribution >= 4 is 21.6 Å². The summed E-state index contributed by atoms with van der Waals surface area (Å²) in [6.07, 6.45) is 1.47. The summed E-state index contributed by atoms with van der Waals surface area (Å²) in [4.78, 5) is 16.3. The van der Waals surface area contributed by atoms with E-state index in [0.717, 1.165) is 0 Å². The summed E-state index contributed by atoms with van der Waals surface area (Å²) in [5, 5.41) is 2.67. The van der Waals surface area contributed by atoms with Crippen molar-refractivity contribution < 1.29 is 22.7 Å². The molecule has 0 fully saturated rings. The second-order valence-corrected chi connectivity index (χ2v) is 6.73. The fourth-order valence-electron chi connectivity index (χ4n) is 1.93. The van der Waals surface area contributed by atoms with Gasteiger partial charge in [-0.2, -0.15) is 0 Å². The maximum absolute atomic E-state index is 12.2. The molecule has 2 rings (SSSR count). The second-order valence-electron chi connectivity index (χ2n) is 4.96. The Balaban J connectivity index is 2.04. The Morgan fingerprint density at radius 2 is 1.84 bits per heavy atom. The maximum Gasteiger partial charge on any atom is 0.255 e. The molecule has 1 heterocycles. The lowest BCUT2D eigenvalue weighted by Gasteiger charge is -2.08. The fourth-order valence-corrected chi connectivity index (χ4v) is 2.94. The first-order valence-electron chi connectivity index (χ1n) is 7.36. The number of amides is 1. The van der Waals surface area contributed by atoms with Gasteiger partial charge in [0.25, 0.3) is 5.91 Å². The molecule has 0 saturated carbocycles. The van der Waals surface area contributed by atoms with Gasteiger partial charge in [0.05, 0.1) is 30.5 Å².